The molecule has 2 saturated heterocycles. The van der Waals surface area contributed by atoms with Gasteiger partial charge in [-0.25, -0.2) is 23.4 Å². The number of sulfonamides is 1. The maximum atomic E-state index is 13.2. The highest BCUT2D eigenvalue weighted by Gasteiger charge is 2.33. The molecular formula is C31H51N9O3SSi. The number of piperazine rings is 1. The number of ether oxygens (including phenoxy) is 1. The SMILES string of the molecule is CC(C)CS(=O)(=O)N1C[C@@H](C)C[C@H](Nc2nc(N3CCN(C)CC3)ncc2-c2cnc3c(ccn3COCC[Si](C)(C)C)n2)C1. The van der Waals surface area contributed by atoms with E-state index in [4.69, 9.17) is 24.7 Å². The van der Waals surface area contributed by atoms with Gasteiger partial charge in [-0.2, -0.15) is 9.29 Å². The number of piperidine rings is 1. The summed E-state index contributed by atoms with van der Waals surface area (Å²) in [5.74, 6) is 1.75. The highest BCUT2D eigenvalue weighted by Crippen LogP contribution is 2.30. The molecule has 0 aliphatic carbocycles. The Labute approximate surface area is 269 Å². The van der Waals surface area contributed by atoms with Gasteiger partial charge in [0.2, 0.25) is 16.0 Å². The molecule has 0 saturated carbocycles. The third kappa shape index (κ3) is 8.79. The average molecular weight is 658 g/mol. The van der Waals surface area contributed by atoms with Crippen molar-refractivity contribution >= 4 is 41.0 Å². The van der Waals surface area contributed by atoms with Gasteiger partial charge in [-0.05, 0) is 37.4 Å². The van der Waals surface area contributed by atoms with E-state index in [1.807, 2.05) is 36.9 Å². The summed E-state index contributed by atoms with van der Waals surface area (Å²) in [6, 6.07) is 2.97. The lowest BCUT2D eigenvalue weighted by Gasteiger charge is -2.37. The monoisotopic (exact) mass is 657 g/mol. The molecule has 2 atom stereocenters. The standard InChI is InChI=1S/C31H51N9O3SSi/c1-23(2)21-44(41,42)40-19-24(3)16-25(20-40)34-29-26(17-33-31(36-29)38-12-10-37(4)11-13-38)28-18-32-30-27(35-28)8-9-39(30)22-43-14-15-45(5,6)7/h8-9,17-18,23-25H,10-16,19-22H2,1-7H3,(H,33,34,36)/t24-,25-/m0/s1. The first-order valence-corrected chi connectivity index (χ1v) is 21.5. The molecule has 12 nitrogen and oxygen atoms in total. The largest absolute Gasteiger partial charge is 0.365 e. The molecule has 2 aliphatic rings. The molecule has 0 spiro atoms. The van der Waals surface area contributed by atoms with Crippen molar-refractivity contribution in [1.29, 1.82) is 0 Å². The summed E-state index contributed by atoms with van der Waals surface area (Å²) in [6.07, 6.45) is 6.40. The Hall–Kier alpha value is -2.65. The quantitative estimate of drug-likeness (QED) is 0.226. The molecule has 45 heavy (non-hydrogen) atoms. The van der Waals surface area contributed by atoms with Crippen molar-refractivity contribution in [2.75, 3.05) is 68.9 Å². The van der Waals surface area contributed by atoms with E-state index in [9.17, 15) is 8.42 Å². The number of fused-ring (bicyclic) bond motifs is 1. The van der Waals surface area contributed by atoms with Crippen LogP contribution < -0.4 is 10.2 Å². The number of anilines is 2. The Morgan fingerprint density at radius 1 is 1.07 bits per heavy atom. The van der Waals surface area contributed by atoms with E-state index in [1.54, 1.807) is 10.5 Å². The van der Waals surface area contributed by atoms with Crippen LogP contribution in [0, 0.1) is 11.8 Å². The van der Waals surface area contributed by atoms with Crippen LogP contribution in [-0.4, -0.2) is 115 Å². The number of nitrogens with zero attached hydrogens (tertiary/aromatic N) is 8. The Bertz CT molecular complexity index is 1550. The van der Waals surface area contributed by atoms with Gasteiger partial charge in [0.15, 0.2) is 5.65 Å². The highest BCUT2D eigenvalue weighted by atomic mass is 32.2. The summed E-state index contributed by atoms with van der Waals surface area (Å²) < 4.78 is 36.0. The first-order chi connectivity index (χ1) is 21.3. The lowest BCUT2D eigenvalue weighted by molar-refractivity contribution is 0.0899. The van der Waals surface area contributed by atoms with Crippen molar-refractivity contribution < 1.29 is 13.2 Å². The van der Waals surface area contributed by atoms with Crippen molar-refractivity contribution in [3.05, 3.63) is 24.7 Å². The Morgan fingerprint density at radius 2 is 1.82 bits per heavy atom. The minimum Gasteiger partial charge on any atom is -0.365 e. The zero-order valence-corrected chi connectivity index (χ0v) is 29.8. The highest BCUT2D eigenvalue weighted by molar-refractivity contribution is 7.89. The second-order valence-electron chi connectivity index (χ2n) is 14.5. The third-order valence-electron chi connectivity index (χ3n) is 8.43. The van der Waals surface area contributed by atoms with Crippen LogP contribution in [0.5, 0.6) is 0 Å². The van der Waals surface area contributed by atoms with E-state index in [0.29, 0.717) is 37.3 Å². The van der Waals surface area contributed by atoms with Crippen LogP contribution in [0.1, 0.15) is 27.2 Å². The van der Waals surface area contributed by atoms with Crippen LogP contribution in [0.3, 0.4) is 0 Å². The molecule has 0 amide bonds. The van der Waals surface area contributed by atoms with Crippen molar-refractivity contribution in [3.63, 3.8) is 0 Å². The Kier molecular flexibility index (Phi) is 10.5. The maximum Gasteiger partial charge on any atom is 0.227 e. The molecule has 5 heterocycles. The second kappa shape index (κ2) is 14.0. The second-order valence-corrected chi connectivity index (χ2v) is 22.1. The first-order valence-electron chi connectivity index (χ1n) is 16.2. The van der Waals surface area contributed by atoms with Gasteiger partial charge in [-0.15, -0.1) is 0 Å². The average Bonchev–Trinajstić information content (AvgIpc) is 3.36. The van der Waals surface area contributed by atoms with E-state index in [-0.39, 0.29) is 23.6 Å². The minimum absolute atomic E-state index is 0.0679. The van der Waals surface area contributed by atoms with Gasteiger partial charge in [0.25, 0.3) is 0 Å². The molecule has 1 N–H and O–H groups in total. The summed E-state index contributed by atoms with van der Waals surface area (Å²) >= 11 is 0. The van der Waals surface area contributed by atoms with Crippen LogP contribution in [-0.2, 0) is 21.5 Å². The fourth-order valence-electron chi connectivity index (χ4n) is 5.92. The van der Waals surface area contributed by atoms with Gasteiger partial charge in [0, 0.05) is 72.4 Å². The van der Waals surface area contributed by atoms with Gasteiger partial charge in [0.05, 0.1) is 23.2 Å². The van der Waals surface area contributed by atoms with Crippen LogP contribution in [0.4, 0.5) is 11.8 Å². The molecule has 0 bridgehead atoms. The lowest BCUT2D eigenvalue weighted by atomic mass is 9.97. The fourth-order valence-corrected chi connectivity index (χ4v) is 8.62. The first kappa shape index (κ1) is 33.7. The van der Waals surface area contributed by atoms with Gasteiger partial charge >= 0.3 is 0 Å². The van der Waals surface area contributed by atoms with Crippen molar-refractivity contribution in [1.82, 2.24) is 33.7 Å². The number of likely N-dealkylation sites (N-methyl/N-ethyl adjacent to an activating group) is 1. The summed E-state index contributed by atoms with van der Waals surface area (Å²) in [6.45, 7) is 18.7. The van der Waals surface area contributed by atoms with Gasteiger partial charge in [-0.1, -0.05) is 40.4 Å². The van der Waals surface area contributed by atoms with E-state index >= 15 is 0 Å². The number of hydrogen-bond donors (Lipinski definition) is 1. The van der Waals surface area contributed by atoms with Crippen LogP contribution in [0.15, 0.2) is 24.7 Å². The predicted molar refractivity (Wildman–Crippen MR) is 184 cm³/mol. The smallest absolute Gasteiger partial charge is 0.227 e. The molecule has 248 valence electrons. The molecule has 2 aliphatic heterocycles. The maximum absolute atomic E-state index is 13.2. The lowest BCUT2D eigenvalue weighted by Crippen LogP contribution is -2.49. The van der Waals surface area contributed by atoms with E-state index in [2.05, 4.69) is 48.7 Å². The summed E-state index contributed by atoms with van der Waals surface area (Å²) in [4.78, 5) is 24.1. The van der Waals surface area contributed by atoms with Crippen molar-refractivity contribution in [3.8, 4) is 11.3 Å². The van der Waals surface area contributed by atoms with Crippen LogP contribution >= 0.6 is 0 Å². The molecular weight excluding hydrogens is 607 g/mol. The molecule has 5 rings (SSSR count). The summed E-state index contributed by atoms with van der Waals surface area (Å²) in [5, 5.41) is 3.64. The Balaban J connectivity index is 1.41. The van der Waals surface area contributed by atoms with Crippen molar-refractivity contribution in [2.24, 2.45) is 11.8 Å². The van der Waals surface area contributed by atoms with Crippen LogP contribution in [0.2, 0.25) is 25.7 Å². The van der Waals surface area contributed by atoms with Gasteiger partial charge < -0.3 is 24.4 Å². The van der Waals surface area contributed by atoms with Crippen LogP contribution in [0.25, 0.3) is 22.4 Å². The van der Waals surface area contributed by atoms with Gasteiger partial charge in [0.1, 0.15) is 18.1 Å². The van der Waals surface area contributed by atoms with Gasteiger partial charge in [-0.3, -0.25) is 0 Å². The molecule has 0 aromatic carbocycles. The zero-order chi connectivity index (χ0) is 32.4. The fraction of sp³-hybridized carbons (Fsp3) is 0.677. The number of nitrogens with one attached hydrogen (secondary N) is 1. The number of rotatable bonds is 12. The molecule has 2 fully saturated rings. The zero-order valence-electron chi connectivity index (χ0n) is 28.0. The normalized spacial score (nSPS) is 20.8. The predicted octanol–water partition coefficient (Wildman–Crippen LogP) is 4.06. The summed E-state index contributed by atoms with van der Waals surface area (Å²) in [5.41, 5.74) is 2.95. The van der Waals surface area contributed by atoms with E-state index < -0.39 is 18.1 Å². The number of hydrogen-bond acceptors (Lipinski definition) is 10. The van der Waals surface area contributed by atoms with E-state index in [1.165, 1.54) is 0 Å². The molecule has 3 aromatic rings. The minimum atomic E-state index is -3.36. The third-order valence-corrected chi connectivity index (χ3v) is 12.3. The number of aromatic nitrogens is 5. The van der Waals surface area contributed by atoms with E-state index in [0.717, 1.165) is 62.0 Å². The topological polar surface area (TPSA) is 122 Å². The van der Waals surface area contributed by atoms with Crippen molar-refractivity contribution in [2.45, 2.75) is 65.6 Å². The Morgan fingerprint density at radius 3 is 2.53 bits per heavy atom. The molecule has 3 aromatic heterocycles. The molecule has 0 radical (unpaired) electrons. The molecule has 14 heteroatoms. The molecule has 0 unspecified atom stereocenters. The summed E-state index contributed by atoms with van der Waals surface area (Å²) in [7, 11) is -2.39.